The molecule has 0 aromatic carbocycles. The number of carbonyl (C=O) groups excluding carboxylic acids is 1. The number of hydrogen-bond donors (Lipinski definition) is 1. The Hall–Kier alpha value is -0.790. The standard InChI is InChI=1S/C9H8BrNOS/c1-2-3-4-11-9(12)7-5-8(10)13-6-7/h5-6H,4H2,1H3,(H,11,12). The number of amides is 1. The molecule has 1 amide bonds. The predicted molar refractivity (Wildman–Crippen MR) is 57.8 cm³/mol. The molecule has 2 nitrogen and oxygen atoms in total. The second-order valence-corrected chi connectivity index (χ2v) is 4.54. The summed E-state index contributed by atoms with van der Waals surface area (Å²) in [4.78, 5) is 11.3. The average Bonchev–Trinajstić information content (AvgIpc) is 2.52. The first kappa shape index (κ1) is 10.3. The van der Waals surface area contributed by atoms with Gasteiger partial charge in [-0.15, -0.1) is 17.3 Å². The lowest BCUT2D eigenvalue weighted by atomic mass is 10.3. The van der Waals surface area contributed by atoms with Crippen LogP contribution in [-0.4, -0.2) is 12.5 Å². The molecule has 0 unspecified atom stereocenters. The van der Waals surface area contributed by atoms with Gasteiger partial charge in [0.25, 0.3) is 5.91 Å². The summed E-state index contributed by atoms with van der Waals surface area (Å²) in [6, 6.07) is 1.79. The van der Waals surface area contributed by atoms with Gasteiger partial charge in [0.05, 0.1) is 15.9 Å². The summed E-state index contributed by atoms with van der Waals surface area (Å²) in [7, 11) is 0. The van der Waals surface area contributed by atoms with Crippen LogP contribution in [0.5, 0.6) is 0 Å². The van der Waals surface area contributed by atoms with Crippen molar-refractivity contribution in [2.75, 3.05) is 6.54 Å². The van der Waals surface area contributed by atoms with E-state index >= 15 is 0 Å². The van der Waals surface area contributed by atoms with Gasteiger partial charge in [-0.3, -0.25) is 4.79 Å². The van der Waals surface area contributed by atoms with E-state index in [-0.39, 0.29) is 5.91 Å². The Labute approximate surface area is 89.5 Å². The third kappa shape index (κ3) is 3.21. The topological polar surface area (TPSA) is 29.1 Å². The summed E-state index contributed by atoms with van der Waals surface area (Å²) in [5, 5.41) is 4.49. The minimum atomic E-state index is -0.0790. The highest BCUT2D eigenvalue weighted by Gasteiger charge is 2.05. The summed E-state index contributed by atoms with van der Waals surface area (Å²) < 4.78 is 0.958. The molecule has 0 saturated heterocycles. The maximum atomic E-state index is 11.3. The third-order valence-electron chi connectivity index (χ3n) is 1.34. The highest BCUT2D eigenvalue weighted by Crippen LogP contribution is 2.20. The highest BCUT2D eigenvalue weighted by atomic mass is 79.9. The van der Waals surface area contributed by atoms with Gasteiger partial charge in [-0.25, -0.2) is 0 Å². The van der Waals surface area contributed by atoms with E-state index in [1.54, 1.807) is 18.4 Å². The largest absolute Gasteiger partial charge is 0.341 e. The van der Waals surface area contributed by atoms with Gasteiger partial charge in [0.15, 0.2) is 0 Å². The number of hydrogen-bond acceptors (Lipinski definition) is 2. The van der Waals surface area contributed by atoms with Crippen LogP contribution in [0.3, 0.4) is 0 Å². The maximum absolute atomic E-state index is 11.3. The van der Waals surface area contributed by atoms with Gasteiger partial charge in [0.1, 0.15) is 0 Å². The van der Waals surface area contributed by atoms with Gasteiger partial charge >= 0.3 is 0 Å². The van der Waals surface area contributed by atoms with Crippen molar-refractivity contribution in [1.29, 1.82) is 0 Å². The first-order valence-corrected chi connectivity index (χ1v) is 5.33. The third-order valence-corrected chi connectivity index (χ3v) is 2.85. The van der Waals surface area contributed by atoms with Crippen LogP contribution in [0.4, 0.5) is 0 Å². The Kier molecular flexibility index (Phi) is 4.00. The molecular formula is C9H8BrNOS. The van der Waals surface area contributed by atoms with Gasteiger partial charge in [-0.1, -0.05) is 5.92 Å². The van der Waals surface area contributed by atoms with Crippen LogP contribution in [0.1, 0.15) is 17.3 Å². The molecule has 13 heavy (non-hydrogen) atoms. The molecule has 0 fully saturated rings. The maximum Gasteiger partial charge on any atom is 0.252 e. The number of carbonyl (C=O) groups is 1. The minimum absolute atomic E-state index is 0.0790. The van der Waals surface area contributed by atoms with Crippen molar-refractivity contribution < 1.29 is 4.79 Å². The Morgan fingerprint density at radius 2 is 2.54 bits per heavy atom. The molecule has 0 bridgehead atoms. The molecule has 1 aromatic heterocycles. The fraction of sp³-hybridized carbons (Fsp3) is 0.222. The number of nitrogens with one attached hydrogen (secondary N) is 1. The SMILES string of the molecule is CC#CCNC(=O)c1csc(Br)c1. The molecule has 0 aliphatic rings. The second kappa shape index (κ2) is 5.05. The zero-order valence-corrected chi connectivity index (χ0v) is 9.46. The number of halogens is 1. The molecule has 0 radical (unpaired) electrons. The summed E-state index contributed by atoms with van der Waals surface area (Å²) >= 11 is 4.78. The first-order chi connectivity index (χ1) is 6.24. The molecule has 0 spiro atoms. The zero-order valence-electron chi connectivity index (χ0n) is 7.06. The van der Waals surface area contributed by atoms with Gasteiger partial charge in [-0.2, -0.15) is 0 Å². The van der Waals surface area contributed by atoms with Crippen molar-refractivity contribution in [3.8, 4) is 11.8 Å². The van der Waals surface area contributed by atoms with Crippen LogP contribution in [-0.2, 0) is 0 Å². The molecule has 1 aromatic rings. The van der Waals surface area contributed by atoms with Crippen LogP contribution < -0.4 is 5.32 Å². The van der Waals surface area contributed by atoms with Crippen LogP contribution >= 0.6 is 27.3 Å². The van der Waals surface area contributed by atoms with Crippen molar-refractivity contribution >= 4 is 33.2 Å². The van der Waals surface area contributed by atoms with Gasteiger partial charge in [0.2, 0.25) is 0 Å². The summed E-state index contributed by atoms with van der Waals surface area (Å²) in [6.07, 6.45) is 0. The van der Waals surface area contributed by atoms with E-state index in [1.165, 1.54) is 11.3 Å². The fourth-order valence-corrected chi connectivity index (χ4v) is 1.88. The molecule has 4 heteroatoms. The van der Waals surface area contributed by atoms with Crippen molar-refractivity contribution in [3.63, 3.8) is 0 Å². The van der Waals surface area contributed by atoms with Gasteiger partial charge in [0, 0.05) is 5.38 Å². The van der Waals surface area contributed by atoms with Crippen molar-refractivity contribution in [2.45, 2.75) is 6.92 Å². The van der Waals surface area contributed by atoms with E-state index in [1.807, 2.05) is 0 Å². The molecule has 1 N–H and O–H groups in total. The lowest BCUT2D eigenvalue weighted by Crippen LogP contribution is -2.22. The van der Waals surface area contributed by atoms with Crippen molar-refractivity contribution in [3.05, 3.63) is 20.8 Å². The van der Waals surface area contributed by atoms with E-state index < -0.39 is 0 Å². The lowest BCUT2D eigenvalue weighted by molar-refractivity contribution is 0.0959. The Bertz CT molecular complexity index is 361. The average molecular weight is 258 g/mol. The highest BCUT2D eigenvalue weighted by molar-refractivity contribution is 9.11. The van der Waals surface area contributed by atoms with Crippen molar-refractivity contribution in [2.24, 2.45) is 0 Å². The molecule has 0 atom stereocenters. The quantitative estimate of drug-likeness (QED) is 0.810. The van der Waals surface area contributed by atoms with Crippen LogP contribution in [0.2, 0.25) is 0 Å². The zero-order chi connectivity index (χ0) is 9.68. The summed E-state index contributed by atoms with van der Waals surface area (Å²) in [6.45, 7) is 2.15. The van der Waals surface area contributed by atoms with Crippen molar-refractivity contribution in [1.82, 2.24) is 5.32 Å². The number of thiophene rings is 1. The van der Waals surface area contributed by atoms with Crippen LogP contribution in [0.15, 0.2) is 15.2 Å². The summed E-state index contributed by atoms with van der Waals surface area (Å²) in [5.41, 5.74) is 0.676. The Morgan fingerprint density at radius 1 is 1.77 bits per heavy atom. The van der Waals surface area contributed by atoms with E-state index in [0.29, 0.717) is 12.1 Å². The van der Waals surface area contributed by atoms with Gasteiger partial charge < -0.3 is 5.32 Å². The molecule has 68 valence electrons. The van der Waals surface area contributed by atoms with Crippen LogP contribution in [0.25, 0.3) is 0 Å². The summed E-state index contributed by atoms with van der Waals surface area (Å²) in [5.74, 6) is 5.39. The molecule has 0 saturated carbocycles. The van der Waals surface area contributed by atoms with Gasteiger partial charge in [-0.05, 0) is 28.9 Å². The molecule has 1 rings (SSSR count). The molecule has 1 heterocycles. The van der Waals surface area contributed by atoms with E-state index in [9.17, 15) is 4.79 Å². The first-order valence-electron chi connectivity index (χ1n) is 3.66. The fourth-order valence-electron chi connectivity index (χ4n) is 0.744. The molecular weight excluding hydrogens is 250 g/mol. The second-order valence-electron chi connectivity index (χ2n) is 2.25. The molecule has 0 aliphatic carbocycles. The smallest absolute Gasteiger partial charge is 0.252 e. The van der Waals surface area contributed by atoms with E-state index in [2.05, 4.69) is 33.1 Å². The minimum Gasteiger partial charge on any atom is -0.341 e. The molecule has 0 aliphatic heterocycles. The normalized spacial score (nSPS) is 8.77. The predicted octanol–water partition coefficient (Wildman–Crippen LogP) is 2.26. The van der Waals surface area contributed by atoms with E-state index in [0.717, 1.165) is 3.79 Å². The monoisotopic (exact) mass is 257 g/mol. The lowest BCUT2D eigenvalue weighted by Gasteiger charge is -1.96. The van der Waals surface area contributed by atoms with E-state index in [4.69, 9.17) is 0 Å². The van der Waals surface area contributed by atoms with Crippen LogP contribution in [0, 0.1) is 11.8 Å². The Balaban J connectivity index is 2.52. The Morgan fingerprint density at radius 3 is 3.08 bits per heavy atom. The number of rotatable bonds is 2.